The lowest BCUT2D eigenvalue weighted by molar-refractivity contribution is 0.227. The summed E-state index contributed by atoms with van der Waals surface area (Å²) >= 11 is 1.34. The molecule has 0 unspecified atom stereocenters. The number of nitrogens with zero attached hydrogens (tertiary/aromatic N) is 3. The number of anilines is 1. The number of hydrogen-bond donors (Lipinski definition) is 1. The third-order valence-electron chi connectivity index (χ3n) is 2.46. The molecule has 0 aliphatic rings. The minimum Gasteiger partial charge on any atom is -0.329 e. The molecule has 21 heavy (non-hydrogen) atoms. The van der Waals surface area contributed by atoms with Gasteiger partial charge in [-0.15, -0.1) is 0 Å². The standard InChI is InChI=1S/C14H20N4O2S/c1-5-21-14(16-12(19)17(2)3)18(4)13(20)15-11-9-7-6-8-10-11/h6-10H,5H2,1-4H3,(H,15,20). The van der Waals surface area contributed by atoms with E-state index in [0.29, 0.717) is 16.6 Å². The second kappa shape index (κ2) is 8.31. The number of rotatable bonds is 2. The summed E-state index contributed by atoms with van der Waals surface area (Å²) in [6, 6.07) is 8.38. The number of hydrogen-bond acceptors (Lipinski definition) is 3. The fraction of sp³-hybridized carbons (Fsp3) is 0.357. The van der Waals surface area contributed by atoms with Crippen LogP contribution in [0.2, 0.25) is 0 Å². The number of benzene rings is 1. The Hall–Kier alpha value is -2.02. The molecule has 0 aliphatic heterocycles. The minimum atomic E-state index is -0.398. The summed E-state index contributed by atoms with van der Waals surface area (Å²) in [7, 11) is 4.82. The lowest BCUT2D eigenvalue weighted by Crippen LogP contribution is -2.36. The molecule has 0 radical (unpaired) electrons. The van der Waals surface area contributed by atoms with Gasteiger partial charge in [-0.1, -0.05) is 36.9 Å². The summed E-state index contributed by atoms with van der Waals surface area (Å²) in [5, 5.41) is 3.12. The van der Waals surface area contributed by atoms with Gasteiger partial charge in [-0.25, -0.2) is 9.59 Å². The molecule has 1 aromatic carbocycles. The highest BCUT2D eigenvalue weighted by atomic mass is 32.2. The zero-order valence-corrected chi connectivity index (χ0v) is 13.5. The summed E-state index contributed by atoms with van der Waals surface area (Å²) in [5.74, 6) is 0.711. The van der Waals surface area contributed by atoms with Crippen molar-refractivity contribution in [3.05, 3.63) is 30.3 Å². The molecule has 0 bridgehead atoms. The maximum absolute atomic E-state index is 12.2. The van der Waals surface area contributed by atoms with Crippen LogP contribution < -0.4 is 5.32 Å². The first-order valence-electron chi connectivity index (χ1n) is 6.48. The van der Waals surface area contributed by atoms with Crippen LogP contribution in [0.3, 0.4) is 0 Å². The zero-order valence-electron chi connectivity index (χ0n) is 12.7. The van der Waals surface area contributed by atoms with E-state index in [9.17, 15) is 9.59 Å². The van der Waals surface area contributed by atoms with Crippen molar-refractivity contribution < 1.29 is 9.59 Å². The third-order valence-corrected chi connectivity index (χ3v) is 3.38. The number of amidine groups is 1. The fourth-order valence-corrected chi connectivity index (χ4v) is 2.01. The molecule has 1 N–H and O–H groups in total. The monoisotopic (exact) mass is 308 g/mol. The van der Waals surface area contributed by atoms with Gasteiger partial charge < -0.3 is 10.2 Å². The third kappa shape index (κ3) is 5.47. The number of aliphatic imine (C=N–C) groups is 1. The Morgan fingerprint density at radius 2 is 1.81 bits per heavy atom. The quantitative estimate of drug-likeness (QED) is 0.675. The van der Waals surface area contributed by atoms with Crippen LogP contribution in [0.5, 0.6) is 0 Å². The van der Waals surface area contributed by atoms with Crippen molar-refractivity contribution in [2.24, 2.45) is 4.99 Å². The second-order valence-corrected chi connectivity index (χ2v) is 5.59. The number of nitrogens with one attached hydrogen (secondary N) is 1. The van der Waals surface area contributed by atoms with Crippen LogP contribution >= 0.6 is 11.8 Å². The van der Waals surface area contributed by atoms with E-state index in [1.807, 2.05) is 25.1 Å². The number of thioether (sulfide) groups is 1. The lowest BCUT2D eigenvalue weighted by atomic mass is 10.3. The Bertz CT molecular complexity index is 517. The largest absolute Gasteiger partial charge is 0.345 e. The molecule has 7 heteroatoms. The Labute approximate surface area is 129 Å². The first-order valence-corrected chi connectivity index (χ1v) is 7.46. The molecule has 0 spiro atoms. The highest BCUT2D eigenvalue weighted by Gasteiger charge is 2.17. The number of carbonyl (C=O) groups is 2. The van der Waals surface area contributed by atoms with E-state index in [0.717, 1.165) is 0 Å². The molecule has 1 rings (SSSR count). The van der Waals surface area contributed by atoms with Gasteiger partial charge in [-0.2, -0.15) is 4.99 Å². The maximum Gasteiger partial charge on any atom is 0.345 e. The number of amides is 4. The highest BCUT2D eigenvalue weighted by Crippen LogP contribution is 2.11. The molecule has 0 fully saturated rings. The van der Waals surface area contributed by atoms with Crippen molar-refractivity contribution in [2.75, 3.05) is 32.2 Å². The predicted octanol–water partition coefficient (Wildman–Crippen LogP) is 2.94. The van der Waals surface area contributed by atoms with Gasteiger partial charge in [0.2, 0.25) is 0 Å². The molecule has 114 valence electrons. The van der Waals surface area contributed by atoms with Gasteiger partial charge in [0.25, 0.3) is 0 Å². The number of carbonyl (C=O) groups excluding carboxylic acids is 2. The Balaban J connectivity index is 2.83. The molecule has 1 aromatic rings. The van der Waals surface area contributed by atoms with Gasteiger partial charge in [0.05, 0.1) is 0 Å². The molecule has 0 atom stereocenters. The molecular formula is C14H20N4O2S. The Morgan fingerprint density at radius 3 is 2.33 bits per heavy atom. The molecule has 0 saturated heterocycles. The minimum absolute atomic E-state index is 0.340. The van der Waals surface area contributed by atoms with Gasteiger partial charge in [0.15, 0.2) is 5.17 Å². The molecule has 0 heterocycles. The average molecular weight is 308 g/mol. The van der Waals surface area contributed by atoms with E-state index in [1.54, 1.807) is 33.3 Å². The summed E-state index contributed by atoms with van der Waals surface area (Å²) in [6.07, 6.45) is 0. The van der Waals surface area contributed by atoms with Gasteiger partial charge in [0.1, 0.15) is 0 Å². The number of urea groups is 2. The first-order chi connectivity index (χ1) is 9.95. The van der Waals surface area contributed by atoms with Gasteiger partial charge in [0, 0.05) is 26.8 Å². The van der Waals surface area contributed by atoms with E-state index in [1.165, 1.54) is 21.6 Å². The number of para-hydroxylation sites is 1. The topological polar surface area (TPSA) is 65.0 Å². The molecule has 4 amide bonds. The summed E-state index contributed by atoms with van der Waals surface area (Å²) in [4.78, 5) is 30.5. The van der Waals surface area contributed by atoms with Gasteiger partial charge in [-0.3, -0.25) is 4.90 Å². The van der Waals surface area contributed by atoms with Crippen molar-refractivity contribution in [1.82, 2.24) is 9.80 Å². The highest BCUT2D eigenvalue weighted by molar-refractivity contribution is 8.13. The summed E-state index contributed by atoms with van der Waals surface area (Å²) in [6.45, 7) is 1.93. The van der Waals surface area contributed by atoms with E-state index in [-0.39, 0.29) is 6.03 Å². The molecular weight excluding hydrogens is 288 g/mol. The molecule has 6 nitrogen and oxygen atoms in total. The SMILES string of the molecule is CCSC(=NC(=O)N(C)C)N(C)C(=O)Nc1ccccc1. The van der Waals surface area contributed by atoms with Gasteiger partial charge in [-0.05, 0) is 17.9 Å². The molecule has 0 saturated carbocycles. The van der Waals surface area contributed by atoms with E-state index < -0.39 is 6.03 Å². The van der Waals surface area contributed by atoms with E-state index in [4.69, 9.17) is 0 Å². The van der Waals surface area contributed by atoms with Crippen LogP contribution in [0, 0.1) is 0 Å². The Kier molecular flexibility index (Phi) is 6.74. The molecule has 0 aliphatic carbocycles. The first kappa shape index (κ1) is 17.0. The normalized spacial score (nSPS) is 11.0. The van der Waals surface area contributed by atoms with Crippen molar-refractivity contribution in [3.63, 3.8) is 0 Å². The van der Waals surface area contributed by atoms with Crippen molar-refractivity contribution in [2.45, 2.75) is 6.92 Å². The van der Waals surface area contributed by atoms with Crippen LogP contribution in [0.25, 0.3) is 0 Å². The van der Waals surface area contributed by atoms with Crippen LogP contribution in [-0.2, 0) is 0 Å². The smallest absolute Gasteiger partial charge is 0.329 e. The summed E-state index contributed by atoms with van der Waals surface area (Å²) in [5.41, 5.74) is 0.689. The fourth-order valence-electron chi connectivity index (χ4n) is 1.33. The van der Waals surface area contributed by atoms with Crippen LogP contribution in [0.4, 0.5) is 15.3 Å². The Morgan fingerprint density at radius 1 is 1.19 bits per heavy atom. The van der Waals surface area contributed by atoms with Crippen LogP contribution in [0.15, 0.2) is 35.3 Å². The van der Waals surface area contributed by atoms with Crippen molar-refractivity contribution >= 4 is 34.7 Å². The van der Waals surface area contributed by atoms with Gasteiger partial charge >= 0.3 is 12.1 Å². The van der Waals surface area contributed by atoms with Crippen molar-refractivity contribution in [3.8, 4) is 0 Å². The zero-order chi connectivity index (χ0) is 15.8. The predicted molar refractivity (Wildman–Crippen MR) is 87.9 cm³/mol. The second-order valence-electron chi connectivity index (χ2n) is 4.36. The lowest BCUT2D eigenvalue weighted by Gasteiger charge is -2.19. The van der Waals surface area contributed by atoms with Crippen LogP contribution in [0.1, 0.15) is 6.92 Å². The van der Waals surface area contributed by atoms with E-state index >= 15 is 0 Å². The average Bonchev–Trinajstić information content (AvgIpc) is 2.46. The van der Waals surface area contributed by atoms with E-state index in [2.05, 4.69) is 10.3 Å². The van der Waals surface area contributed by atoms with Crippen LogP contribution in [-0.4, -0.2) is 53.9 Å². The summed E-state index contributed by atoms with van der Waals surface area (Å²) < 4.78 is 0. The maximum atomic E-state index is 12.2. The molecule has 0 aromatic heterocycles. The van der Waals surface area contributed by atoms with Crippen molar-refractivity contribution in [1.29, 1.82) is 0 Å².